The average molecular weight is 409 g/mol. The van der Waals surface area contributed by atoms with Gasteiger partial charge in [0.1, 0.15) is 5.60 Å². The monoisotopic (exact) mass is 408 g/mol. The molecule has 4 aromatic rings. The molecular formula is C23H18Cl2N2O. The molecule has 0 radical (unpaired) electrons. The van der Waals surface area contributed by atoms with Crippen molar-refractivity contribution in [2.75, 3.05) is 0 Å². The fraction of sp³-hybridized carbons (Fsp3) is 0.174. The van der Waals surface area contributed by atoms with Gasteiger partial charge in [-0.1, -0.05) is 47.5 Å². The molecule has 1 unspecified atom stereocenters. The zero-order chi connectivity index (χ0) is 19.3. The van der Waals surface area contributed by atoms with Crippen LogP contribution in [0.15, 0.2) is 72.9 Å². The lowest BCUT2D eigenvalue weighted by Gasteiger charge is -2.30. The molecule has 0 saturated heterocycles. The molecule has 5 heteroatoms. The van der Waals surface area contributed by atoms with Crippen LogP contribution in [-0.2, 0) is 5.60 Å². The van der Waals surface area contributed by atoms with Crippen molar-refractivity contribution in [1.82, 2.24) is 9.78 Å². The van der Waals surface area contributed by atoms with E-state index >= 15 is 0 Å². The summed E-state index contributed by atoms with van der Waals surface area (Å²) < 4.78 is 1.91. The lowest BCUT2D eigenvalue weighted by molar-refractivity contribution is 0.0566. The number of rotatable bonds is 4. The van der Waals surface area contributed by atoms with Crippen LogP contribution in [0.3, 0.4) is 0 Å². The maximum absolute atomic E-state index is 11.8. The molecule has 1 atom stereocenters. The van der Waals surface area contributed by atoms with E-state index in [1.807, 2.05) is 71.5 Å². The van der Waals surface area contributed by atoms with Crippen LogP contribution < -0.4 is 0 Å². The molecular weight excluding hydrogens is 391 g/mol. The zero-order valence-electron chi connectivity index (χ0n) is 15.0. The van der Waals surface area contributed by atoms with Crippen LogP contribution in [0.25, 0.3) is 16.6 Å². The standard InChI is InChI=1S/C23H18Cl2N2O/c24-19-11-18(12-20(25)13-19)23(28,16-6-7-16)17-8-9-22-15(10-17)14-26-27(22)21-4-2-1-3-5-21/h1-5,8-14,16,28H,6-7H2. The fourth-order valence-corrected chi connectivity index (χ4v) is 4.48. The van der Waals surface area contributed by atoms with Crippen molar-refractivity contribution >= 4 is 34.1 Å². The van der Waals surface area contributed by atoms with Gasteiger partial charge in [-0.15, -0.1) is 0 Å². The second-order valence-corrected chi connectivity index (χ2v) is 8.24. The van der Waals surface area contributed by atoms with Crippen molar-refractivity contribution in [1.29, 1.82) is 0 Å². The fourth-order valence-electron chi connectivity index (χ4n) is 3.96. The summed E-state index contributed by atoms with van der Waals surface area (Å²) >= 11 is 12.5. The van der Waals surface area contributed by atoms with Crippen molar-refractivity contribution in [2.45, 2.75) is 18.4 Å². The van der Waals surface area contributed by atoms with E-state index in [0.29, 0.717) is 10.0 Å². The Morgan fingerprint density at radius 2 is 1.61 bits per heavy atom. The minimum atomic E-state index is -1.11. The number of aliphatic hydroxyl groups is 1. The van der Waals surface area contributed by atoms with E-state index in [4.69, 9.17) is 23.2 Å². The van der Waals surface area contributed by atoms with Gasteiger partial charge in [0.05, 0.1) is 17.4 Å². The topological polar surface area (TPSA) is 38.1 Å². The van der Waals surface area contributed by atoms with E-state index in [9.17, 15) is 5.11 Å². The number of fused-ring (bicyclic) bond motifs is 1. The maximum Gasteiger partial charge on any atom is 0.118 e. The van der Waals surface area contributed by atoms with E-state index in [-0.39, 0.29) is 5.92 Å². The van der Waals surface area contributed by atoms with E-state index in [1.54, 1.807) is 6.07 Å². The number of aromatic nitrogens is 2. The molecule has 0 spiro atoms. The molecule has 1 aliphatic carbocycles. The Kier molecular flexibility index (Phi) is 4.20. The quantitative estimate of drug-likeness (QED) is 0.450. The van der Waals surface area contributed by atoms with Crippen molar-refractivity contribution < 1.29 is 5.11 Å². The smallest absolute Gasteiger partial charge is 0.118 e. The van der Waals surface area contributed by atoms with Crippen LogP contribution in [0.5, 0.6) is 0 Å². The molecule has 1 aromatic heterocycles. The number of nitrogens with zero attached hydrogens (tertiary/aromatic N) is 2. The molecule has 1 N–H and O–H groups in total. The lowest BCUT2D eigenvalue weighted by atomic mass is 9.82. The summed E-state index contributed by atoms with van der Waals surface area (Å²) in [5.41, 5.74) is 2.47. The van der Waals surface area contributed by atoms with Crippen LogP contribution in [0, 0.1) is 5.92 Å². The second kappa shape index (κ2) is 6.63. The van der Waals surface area contributed by atoms with Crippen LogP contribution in [0.4, 0.5) is 0 Å². The van der Waals surface area contributed by atoms with Gasteiger partial charge in [0.15, 0.2) is 0 Å². The van der Waals surface area contributed by atoms with Crippen LogP contribution in [-0.4, -0.2) is 14.9 Å². The van der Waals surface area contributed by atoms with Gasteiger partial charge in [-0.2, -0.15) is 5.10 Å². The first-order chi connectivity index (χ1) is 13.6. The van der Waals surface area contributed by atoms with Crippen molar-refractivity contribution in [3.8, 4) is 5.69 Å². The Bertz CT molecular complexity index is 1150. The normalized spacial score (nSPS) is 16.2. The summed E-state index contributed by atoms with van der Waals surface area (Å²) in [6, 6.07) is 21.3. The van der Waals surface area contributed by atoms with Gasteiger partial charge in [-0.25, -0.2) is 4.68 Å². The molecule has 1 heterocycles. The molecule has 5 rings (SSSR count). The second-order valence-electron chi connectivity index (χ2n) is 7.36. The summed E-state index contributed by atoms with van der Waals surface area (Å²) in [6.07, 6.45) is 3.79. The number of para-hydroxylation sites is 1. The molecule has 3 nitrogen and oxygen atoms in total. The van der Waals surface area contributed by atoms with E-state index in [2.05, 4.69) is 5.10 Å². The molecule has 0 bridgehead atoms. The Morgan fingerprint density at radius 3 is 2.29 bits per heavy atom. The van der Waals surface area contributed by atoms with E-state index in [0.717, 1.165) is 40.6 Å². The first-order valence-corrected chi connectivity index (χ1v) is 10.0. The highest BCUT2D eigenvalue weighted by molar-refractivity contribution is 6.34. The third kappa shape index (κ3) is 2.91. The predicted molar refractivity (Wildman–Crippen MR) is 113 cm³/mol. The Balaban J connectivity index is 1.65. The highest BCUT2D eigenvalue weighted by Gasteiger charge is 2.46. The first kappa shape index (κ1) is 17.7. The van der Waals surface area contributed by atoms with Crippen molar-refractivity contribution in [3.05, 3.63) is 94.1 Å². The minimum Gasteiger partial charge on any atom is -0.380 e. The summed E-state index contributed by atoms with van der Waals surface area (Å²) in [7, 11) is 0. The van der Waals surface area contributed by atoms with E-state index in [1.165, 1.54) is 0 Å². The van der Waals surface area contributed by atoms with Gasteiger partial charge in [-0.3, -0.25) is 0 Å². The molecule has 28 heavy (non-hydrogen) atoms. The zero-order valence-corrected chi connectivity index (χ0v) is 16.5. The maximum atomic E-state index is 11.8. The number of hydrogen-bond acceptors (Lipinski definition) is 2. The Hall–Kier alpha value is -2.33. The molecule has 1 aliphatic rings. The van der Waals surface area contributed by atoms with E-state index < -0.39 is 5.60 Å². The molecule has 3 aromatic carbocycles. The van der Waals surface area contributed by atoms with Crippen LogP contribution in [0.1, 0.15) is 24.0 Å². The van der Waals surface area contributed by atoms with Crippen molar-refractivity contribution in [2.24, 2.45) is 5.92 Å². The minimum absolute atomic E-state index is 0.156. The number of hydrogen-bond donors (Lipinski definition) is 1. The summed E-state index contributed by atoms with van der Waals surface area (Å²) in [4.78, 5) is 0. The molecule has 140 valence electrons. The van der Waals surface area contributed by atoms with Gasteiger partial charge in [-0.05, 0) is 72.4 Å². The summed E-state index contributed by atoms with van der Waals surface area (Å²) in [6.45, 7) is 0. The summed E-state index contributed by atoms with van der Waals surface area (Å²) in [5.74, 6) is 0.156. The predicted octanol–water partition coefficient (Wildman–Crippen LogP) is 5.98. The van der Waals surface area contributed by atoms with Crippen molar-refractivity contribution in [3.63, 3.8) is 0 Å². The Morgan fingerprint density at radius 1 is 0.893 bits per heavy atom. The molecule has 0 aliphatic heterocycles. The highest BCUT2D eigenvalue weighted by Crippen LogP contribution is 2.50. The van der Waals surface area contributed by atoms with Crippen LogP contribution >= 0.6 is 23.2 Å². The number of benzene rings is 3. The van der Waals surface area contributed by atoms with Gasteiger partial charge in [0.25, 0.3) is 0 Å². The van der Waals surface area contributed by atoms with Gasteiger partial charge in [0, 0.05) is 15.4 Å². The Labute approximate surface area is 173 Å². The lowest BCUT2D eigenvalue weighted by Crippen LogP contribution is -2.30. The third-order valence-corrected chi connectivity index (χ3v) is 5.92. The summed E-state index contributed by atoms with van der Waals surface area (Å²) in [5, 5.41) is 18.4. The highest BCUT2D eigenvalue weighted by atomic mass is 35.5. The third-order valence-electron chi connectivity index (χ3n) is 5.48. The van der Waals surface area contributed by atoms with Crippen LogP contribution in [0.2, 0.25) is 10.0 Å². The molecule has 1 saturated carbocycles. The number of halogens is 2. The SMILES string of the molecule is OC(c1cc(Cl)cc(Cl)c1)(c1ccc2c(cnn2-c2ccccc2)c1)C1CC1. The van der Waals surface area contributed by atoms with Gasteiger partial charge >= 0.3 is 0 Å². The van der Waals surface area contributed by atoms with Gasteiger partial charge < -0.3 is 5.11 Å². The average Bonchev–Trinajstić information content (AvgIpc) is 3.47. The largest absolute Gasteiger partial charge is 0.380 e. The molecule has 1 fully saturated rings. The molecule has 0 amide bonds. The first-order valence-electron chi connectivity index (χ1n) is 9.28. The van der Waals surface area contributed by atoms with Gasteiger partial charge in [0.2, 0.25) is 0 Å².